The van der Waals surface area contributed by atoms with Crippen LogP contribution in [-0.4, -0.2) is 14.7 Å². The zero-order valence-corrected chi connectivity index (χ0v) is 6.60. The average Bonchev–Trinajstić information content (AvgIpc) is 2.11. The van der Waals surface area contributed by atoms with Gasteiger partial charge in [-0.25, -0.2) is 8.42 Å². The van der Waals surface area contributed by atoms with Gasteiger partial charge in [-0.2, -0.15) is 0 Å². The first kappa shape index (κ1) is 7.34. The number of hydrogen-bond donors (Lipinski definition) is 0. The summed E-state index contributed by atoms with van der Waals surface area (Å²) in [5, 5.41) is 0.0324. The predicted molar refractivity (Wildman–Crippen MR) is 36.6 cm³/mol. The Labute approximate surface area is 59.6 Å². The lowest BCUT2D eigenvalue weighted by Gasteiger charge is -1.87. The van der Waals surface area contributed by atoms with E-state index in [1.165, 1.54) is 6.07 Å². The van der Waals surface area contributed by atoms with Crippen LogP contribution in [0.1, 0.15) is 5.76 Å². The van der Waals surface area contributed by atoms with Crippen molar-refractivity contribution in [1.82, 2.24) is 0 Å². The van der Waals surface area contributed by atoms with Gasteiger partial charge in [-0.1, -0.05) is 0 Å². The van der Waals surface area contributed by atoms with Crippen molar-refractivity contribution < 1.29 is 12.8 Å². The molecule has 56 valence electrons. The molecule has 0 amide bonds. The van der Waals surface area contributed by atoms with Crippen LogP contribution in [0.5, 0.6) is 0 Å². The van der Waals surface area contributed by atoms with Crippen molar-refractivity contribution in [1.29, 1.82) is 0 Å². The van der Waals surface area contributed by atoms with E-state index in [0.717, 1.165) is 6.26 Å². The minimum Gasteiger partial charge on any atom is -0.450 e. The molecule has 1 rings (SSSR count). The molecule has 0 saturated heterocycles. The molecule has 0 bridgehead atoms. The van der Waals surface area contributed by atoms with E-state index in [1.807, 2.05) is 0 Å². The van der Waals surface area contributed by atoms with Crippen LogP contribution < -0.4 is 0 Å². The smallest absolute Gasteiger partial charge is 0.217 e. The lowest BCUT2D eigenvalue weighted by molar-refractivity contribution is 0.430. The van der Waals surface area contributed by atoms with Gasteiger partial charge < -0.3 is 4.42 Å². The Hall–Kier alpha value is -0.770. The molecule has 0 fully saturated rings. The van der Waals surface area contributed by atoms with Crippen LogP contribution in [0.15, 0.2) is 21.6 Å². The van der Waals surface area contributed by atoms with E-state index in [1.54, 1.807) is 13.0 Å². The van der Waals surface area contributed by atoms with Crippen LogP contribution in [-0.2, 0) is 9.84 Å². The number of furan rings is 1. The molecule has 1 aromatic rings. The molecule has 10 heavy (non-hydrogen) atoms. The first-order chi connectivity index (χ1) is 4.50. The summed E-state index contributed by atoms with van der Waals surface area (Å²) in [7, 11) is -3.15. The first-order valence-electron chi connectivity index (χ1n) is 2.76. The molecule has 0 radical (unpaired) electrons. The fraction of sp³-hybridized carbons (Fsp3) is 0.333. The third kappa shape index (κ3) is 1.39. The Morgan fingerprint density at radius 3 is 2.20 bits per heavy atom. The molecule has 0 N–H and O–H groups in total. The van der Waals surface area contributed by atoms with Gasteiger partial charge in [-0.05, 0) is 19.1 Å². The summed E-state index contributed by atoms with van der Waals surface area (Å²) in [5.41, 5.74) is 0. The molecule has 3 nitrogen and oxygen atoms in total. The second-order valence-electron chi connectivity index (χ2n) is 2.14. The maximum atomic E-state index is 10.8. The fourth-order valence-electron chi connectivity index (χ4n) is 0.611. The Balaban J connectivity index is 3.21. The summed E-state index contributed by atoms with van der Waals surface area (Å²) < 4.78 is 26.4. The molecule has 0 aliphatic rings. The summed E-state index contributed by atoms with van der Waals surface area (Å²) in [6.07, 6.45) is 1.12. The lowest BCUT2D eigenvalue weighted by Crippen LogP contribution is -1.93. The minimum absolute atomic E-state index is 0.0324. The summed E-state index contributed by atoms with van der Waals surface area (Å²) in [6.45, 7) is 1.70. The Morgan fingerprint density at radius 1 is 1.40 bits per heavy atom. The van der Waals surface area contributed by atoms with Crippen LogP contribution in [0, 0.1) is 6.92 Å². The predicted octanol–water partition coefficient (Wildman–Crippen LogP) is 0.992. The highest BCUT2D eigenvalue weighted by Crippen LogP contribution is 2.11. The van der Waals surface area contributed by atoms with Gasteiger partial charge in [0.15, 0.2) is 0 Å². The number of sulfone groups is 1. The Kier molecular flexibility index (Phi) is 1.56. The fourth-order valence-corrected chi connectivity index (χ4v) is 1.21. The molecule has 0 unspecified atom stereocenters. The molecular formula is C6H8O3S. The SMILES string of the molecule is Cc1ccc(S(C)(=O)=O)o1. The third-order valence-corrected chi connectivity index (χ3v) is 2.03. The maximum Gasteiger partial charge on any atom is 0.217 e. The molecule has 4 heteroatoms. The molecule has 0 spiro atoms. The third-order valence-electron chi connectivity index (χ3n) is 1.08. The van der Waals surface area contributed by atoms with Crippen LogP contribution >= 0.6 is 0 Å². The van der Waals surface area contributed by atoms with Crippen molar-refractivity contribution in [3.63, 3.8) is 0 Å². The van der Waals surface area contributed by atoms with Gasteiger partial charge in [-0.3, -0.25) is 0 Å². The second kappa shape index (κ2) is 2.12. The van der Waals surface area contributed by atoms with Gasteiger partial charge in [0.05, 0.1) is 0 Å². The molecule has 1 heterocycles. The van der Waals surface area contributed by atoms with Crippen molar-refractivity contribution in [3.8, 4) is 0 Å². The average molecular weight is 160 g/mol. The molecule has 1 aromatic heterocycles. The molecular weight excluding hydrogens is 152 g/mol. The van der Waals surface area contributed by atoms with E-state index in [2.05, 4.69) is 0 Å². The number of hydrogen-bond acceptors (Lipinski definition) is 3. The molecule has 0 aromatic carbocycles. The van der Waals surface area contributed by atoms with Gasteiger partial charge in [-0.15, -0.1) is 0 Å². The molecule has 0 aliphatic heterocycles. The van der Waals surface area contributed by atoms with E-state index < -0.39 is 9.84 Å². The minimum atomic E-state index is -3.15. The van der Waals surface area contributed by atoms with Crippen LogP contribution in [0.25, 0.3) is 0 Å². The van der Waals surface area contributed by atoms with E-state index in [-0.39, 0.29) is 5.09 Å². The second-order valence-corrected chi connectivity index (χ2v) is 4.08. The zero-order chi connectivity index (χ0) is 7.78. The van der Waals surface area contributed by atoms with E-state index >= 15 is 0 Å². The summed E-state index contributed by atoms with van der Waals surface area (Å²) in [4.78, 5) is 0. The topological polar surface area (TPSA) is 47.3 Å². The number of rotatable bonds is 1. The van der Waals surface area contributed by atoms with Crippen molar-refractivity contribution in [2.24, 2.45) is 0 Å². The lowest BCUT2D eigenvalue weighted by atomic mass is 10.5. The van der Waals surface area contributed by atoms with Crippen LogP contribution in [0.2, 0.25) is 0 Å². The van der Waals surface area contributed by atoms with Gasteiger partial charge >= 0.3 is 0 Å². The zero-order valence-electron chi connectivity index (χ0n) is 5.79. The largest absolute Gasteiger partial charge is 0.450 e. The summed E-state index contributed by atoms with van der Waals surface area (Å²) in [5.74, 6) is 0.612. The van der Waals surface area contributed by atoms with Gasteiger partial charge in [0, 0.05) is 6.26 Å². The van der Waals surface area contributed by atoms with E-state index in [0.29, 0.717) is 5.76 Å². The molecule has 0 aliphatic carbocycles. The van der Waals surface area contributed by atoms with Gasteiger partial charge in [0.2, 0.25) is 14.9 Å². The van der Waals surface area contributed by atoms with Crippen molar-refractivity contribution in [2.45, 2.75) is 12.0 Å². The van der Waals surface area contributed by atoms with Gasteiger partial charge in [0.25, 0.3) is 0 Å². The number of aryl methyl sites for hydroxylation is 1. The van der Waals surface area contributed by atoms with Crippen LogP contribution in [0.3, 0.4) is 0 Å². The standard InChI is InChI=1S/C6H8O3S/c1-5-3-4-6(9-5)10(2,7)8/h3-4H,1-2H3. The van der Waals surface area contributed by atoms with Crippen molar-refractivity contribution in [2.75, 3.05) is 6.26 Å². The highest BCUT2D eigenvalue weighted by molar-refractivity contribution is 7.90. The van der Waals surface area contributed by atoms with E-state index in [4.69, 9.17) is 4.42 Å². The van der Waals surface area contributed by atoms with Crippen LogP contribution in [0.4, 0.5) is 0 Å². The van der Waals surface area contributed by atoms with Gasteiger partial charge in [0.1, 0.15) is 5.76 Å². The Morgan fingerprint density at radius 2 is 2.00 bits per heavy atom. The quantitative estimate of drug-likeness (QED) is 0.615. The normalized spacial score (nSPS) is 11.8. The Bertz CT molecular complexity index is 321. The first-order valence-corrected chi connectivity index (χ1v) is 4.66. The van der Waals surface area contributed by atoms with Crippen molar-refractivity contribution in [3.05, 3.63) is 17.9 Å². The molecule has 0 atom stereocenters. The maximum absolute atomic E-state index is 10.8. The summed E-state index contributed by atoms with van der Waals surface area (Å²) >= 11 is 0. The highest BCUT2D eigenvalue weighted by atomic mass is 32.2. The summed E-state index contributed by atoms with van der Waals surface area (Å²) in [6, 6.07) is 3.07. The highest BCUT2D eigenvalue weighted by Gasteiger charge is 2.09. The molecule has 0 saturated carbocycles. The van der Waals surface area contributed by atoms with Crippen molar-refractivity contribution >= 4 is 9.84 Å². The van der Waals surface area contributed by atoms with E-state index in [9.17, 15) is 8.42 Å². The monoisotopic (exact) mass is 160 g/mol.